The number of para-hydroxylation sites is 1. The van der Waals surface area contributed by atoms with Crippen LogP contribution in [0.3, 0.4) is 0 Å². The summed E-state index contributed by atoms with van der Waals surface area (Å²) in [6, 6.07) is 22.6. The summed E-state index contributed by atoms with van der Waals surface area (Å²) >= 11 is 3.43. The van der Waals surface area contributed by atoms with Crippen molar-refractivity contribution < 1.29 is 19.0 Å². The fourth-order valence-electron chi connectivity index (χ4n) is 2.89. The molecule has 150 valence electrons. The number of rotatable bonds is 6. The van der Waals surface area contributed by atoms with Crippen LogP contribution in [0.25, 0.3) is 6.08 Å². The molecule has 0 saturated carbocycles. The van der Waals surface area contributed by atoms with Crippen LogP contribution in [-0.2, 0) is 16.1 Å². The summed E-state index contributed by atoms with van der Waals surface area (Å²) in [6.07, 6.45) is 1.68. The Morgan fingerprint density at radius 3 is 2.47 bits per heavy atom. The molecule has 4 rings (SSSR count). The molecule has 0 spiro atoms. The van der Waals surface area contributed by atoms with Crippen LogP contribution in [0.4, 0.5) is 0 Å². The summed E-state index contributed by atoms with van der Waals surface area (Å²) in [6.45, 7) is 0.415. The average Bonchev–Trinajstić information content (AvgIpc) is 3.14. The first-order valence-electron chi connectivity index (χ1n) is 9.25. The van der Waals surface area contributed by atoms with E-state index in [1.54, 1.807) is 37.5 Å². The van der Waals surface area contributed by atoms with Gasteiger partial charge in [-0.1, -0.05) is 46.3 Å². The largest absolute Gasteiger partial charge is 0.497 e. The van der Waals surface area contributed by atoms with Gasteiger partial charge in [0, 0.05) is 15.6 Å². The minimum Gasteiger partial charge on any atom is -0.497 e. The number of nitrogens with zero attached hydrogens (tertiary/aromatic N) is 1. The van der Waals surface area contributed by atoms with Gasteiger partial charge in [0.25, 0.3) is 0 Å². The van der Waals surface area contributed by atoms with E-state index in [1.807, 2.05) is 48.5 Å². The number of halogens is 1. The summed E-state index contributed by atoms with van der Waals surface area (Å²) < 4.78 is 17.5. The number of ether oxygens (including phenoxy) is 3. The van der Waals surface area contributed by atoms with Crippen LogP contribution in [0.1, 0.15) is 16.7 Å². The van der Waals surface area contributed by atoms with Crippen molar-refractivity contribution in [1.29, 1.82) is 0 Å². The van der Waals surface area contributed by atoms with Gasteiger partial charge in [0.15, 0.2) is 5.70 Å². The number of methoxy groups -OCH3 is 1. The molecule has 0 aromatic heterocycles. The number of benzene rings is 3. The number of esters is 1. The van der Waals surface area contributed by atoms with E-state index in [0.29, 0.717) is 17.9 Å². The van der Waals surface area contributed by atoms with Gasteiger partial charge < -0.3 is 14.2 Å². The maximum absolute atomic E-state index is 12.3. The second-order valence-electron chi connectivity index (χ2n) is 6.52. The van der Waals surface area contributed by atoms with Gasteiger partial charge in [-0.15, -0.1) is 0 Å². The van der Waals surface area contributed by atoms with Crippen LogP contribution in [-0.4, -0.2) is 19.0 Å². The molecule has 0 unspecified atom stereocenters. The quantitative estimate of drug-likeness (QED) is 0.363. The molecule has 3 aromatic rings. The second-order valence-corrected chi connectivity index (χ2v) is 7.43. The van der Waals surface area contributed by atoms with E-state index in [1.165, 1.54) is 0 Å². The average molecular weight is 464 g/mol. The SMILES string of the molecule is COc1ccc(C2=N/C(=C\c3ccccc3OCc3ccc(Br)cc3)C(=O)O2)cc1. The summed E-state index contributed by atoms with van der Waals surface area (Å²) in [4.78, 5) is 16.7. The van der Waals surface area contributed by atoms with Crippen LogP contribution in [0, 0.1) is 0 Å². The monoisotopic (exact) mass is 463 g/mol. The van der Waals surface area contributed by atoms with Gasteiger partial charge in [-0.25, -0.2) is 9.79 Å². The van der Waals surface area contributed by atoms with E-state index >= 15 is 0 Å². The highest BCUT2D eigenvalue weighted by Gasteiger charge is 2.24. The van der Waals surface area contributed by atoms with Crippen LogP contribution in [0.15, 0.2) is 88.0 Å². The molecule has 0 fully saturated rings. The van der Waals surface area contributed by atoms with Gasteiger partial charge in [-0.2, -0.15) is 0 Å². The van der Waals surface area contributed by atoms with E-state index in [-0.39, 0.29) is 11.6 Å². The van der Waals surface area contributed by atoms with Crippen LogP contribution < -0.4 is 9.47 Å². The maximum Gasteiger partial charge on any atom is 0.363 e. The summed E-state index contributed by atoms with van der Waals surface area (Å²) in [5.41, 5.74) is 2.72. The molecule has 0 bridgehead atoms. The van der Waals surface area contributed by atoms with E-state index in [2.05, 4.69) is 20.9 Å². The molecule has 0 saturated heterocycles. The molecule has 0 aliphatic carbocycles. The Bertz CT molecular complexity index is 1120. The van der Waals surface area contributed by atoms with Crippen molar-refractivity contribution in [3.63, 3.8) is 0 Å². The summed E-state index contributed by atoms with van der Waals surface area (Å²) in [5.74, 6) is 1.15. The lowest BCUT2D eigenvalue weighted by molar-refractivity contribution is -0.129. The van der Waals surface area contributed by atoms with Crippen LogP contribution >= 0.6 is 15.9 Å². The number of hydrogen-bond acceptors (Lipinski definition) is 5. The molecule has 1 aliphatic rings. The third kappa shape index (κ3) is 4.60. The molecule has 5 nitrogen and oxygen atoms in total. The zero-order chi connectivity index (χ0) is 20.9. The number of aliphatic imine (C=N–C) groups is 1. The zero-order valence-corrected chi connectivity index (χ0v) is 17.8. The van der Waals surface area contributed by atoms with Gasteiger partial charge >= 0.3 is 5.97 Å². The van der Waals surface area contributed by atoms with Gasteiger partial charge in [-0.3, -0.25) is 0 Å². The first-order chi connectivity index (χ1) is 14.6. The van der Waals surface area contributed by atoms with Gasteiger partial charge in [0.2, 0.25) is 5.90 Å². The molecule has 0 N–H and O–H groups in total. The Hall–Kier alpha value is -3.38. The molecule has 0 radical (unpaired) electrons. The number of hydrogen-bond donors (Lipinski definition) is 0. The Morgan fingerprint density at radius 2 is 1.73 bits per heavy atom. The minimum absolute atomic E-state index is 0.223. The third-order valence-corrected chi connectivity index (χ3v) is 5.00. The fraction of sp³-hybridized carbons (Fsp3) is 0.0833. The fourth-order valence-corrected chi connectivity index (χ4v) is 3.15. The highest BCUT2D eigenvalue weighted by molar-refractivity contribution is 9.10. The Morgan fingerprint density at radius 1 is 1.00 bits per heavy atom. The van der Waals surface area contributed by atoms with Crippen molar-refractivity contribution in [3.05, 3.63) is 99.7 Å². The molecule has 0 atom stereocenters. The molecular weight excluding hydrogens is 446 g/mol. The number of cyclic esters (lactones) is 1. The summed E-state index contributed by atoms with van der Waals surface area (Å²) in [7, 11) is 1.60. The molecule has 1 aliphatic heterocycles. The van der Waals surface area contributed by atoms with Crippen molar-refractivity contribution in [2.75, 3.05) is 7.11 Å². The Kier molecular flexibility index (Phi) is 5.95. The lowest BCUT2D eigenvalue weighted by Gasteiger charge is -2.09. The third-order valence-electron chi connectivity index (χ3n) is 4.48. The summed E-state index contributed by atoms with van der Waals surface area (Å²) in [5, 5.41) is 0. The minimum atomic E-state index is -0.497. The standard InChI is InChI=1S/C24H18BrNO4/c1-28-20-12-8-17(9-13-20)23-26-21(24(27)30-23)14-18-4-2-3-5-22(18)29-15-16-6-10-19(25)11-7-16/h2-14H,15H2,1H3/b21-14-. The number of carbonyl (C=O) groups is 1. The van der Waals surface area contributed by atoms with Crippen molar-refractivity contribution in [3.8, 4) is 11.5 Å². The highest BCUT2D eigenvalue weighted by Crippen LogP contribution is 2.26. The Balaban J connectivity index is 1.55. The van der Waals surface area contributed by atoms with Crippen molar-refractivity contribution in [1.82, 2.24) is 0 Å². The first-order valence-corrected chi connectivity index (χ1v) is 10.0. The maximum atomic E-state index is 12.3. The van der Waals surface area contributed by atoms with E-state index in [4.69, 9.17) is 14.2 Å². The lowest BCUT2D eigenvalue weighted by atomic mass is 10.1. The van der Waals surface area contributed by atoms with Crippen molar-refractivity contribution in [2.24, 2.45) is 4.99 Å². The predicted octanol–water partition coefficient (Wildman–Crippen LogP) is 5.38. The number of carbonyl (C=O) groups excluding carboxylic acids is 1. The molecule has 30 heavy (non-hydrogen) atoms. The lowest BCUT2D eigenvalue weighted by Crippen LogP contribution is -2.05. The smallest absolute Gasteiger partial charge is 0.363 e. The van der Waals surface area contributed by atoms with E-state index in [0.717, 1.165) is 21.3 Å². The van der Waals surface area contributed by atoms with Gasteiger partial charge in [-0.05, 0) is 54.1 Å². The second kappa shape index (κ2) is 8.97. The molecular formula is C24H18BrNO4. The zero-order valence-electron chi connectivity index (χ0n) is 16.2. The topological polar surface area (TPSA) is 57.1 Å². The molecule has 1 heterocycles. The first kappa shape index (κ1) is 19.9. The molecule has 3 aromatic carbocycles. The van der Waals surface area contributed by atoms with Gasteiger partial charge in [0.05, 0.1) is 7.11 Å². The van der Waals surface area contributed by atoms with Gasteiger partial charge in [0.1, 0.15) is 18.1 Å². The van der Waals surface area contributed by atoms with E-state index < -0.39 is 5.97 Å². The normalized spacial score (nSPS) is 14.4. The van der Waals surface area contributed by atoms with Crippen LogP contribution in [0.5, 0.6) is 11.5 Å². The molecule has 6 heteroatoms. The van der Waals surface area contributed by atoms with E-state index in [9.17, 15) is 4.79 Å². The van der Waals surface area contributed by atoms with Crippen LogP contribution in [0.2, 0.25) is 0 Å². The Labute approximate surface area is 182 Å². The highest BCUT2D eigenvalue weighted by atomic mass is 79.9. The molecule has 0 amide bonds. The van der Waals surface area contributed by atoms with Crippen molar-refractivity contribution >= 4 is 33.9 Å². The van der Waals surface area contributed by atoms with Crippen molar-refractivity contribution in [2.45, 2.75) is 6.61 Å². The predicted molar refractivity (Wildman–Crippen MR) is 119 cm³/mol.